The van der Waals surface area contributed by atoms with Crippen molar-refractivity contribution in [2.45, 2.75) is 204 Å². The molecule has 0 aromatic heterocycles. The topological polar surface area (TPSA) is 384 Å². The number of hydrogen-bond acceptors (Lipinski definition) is 20. The molecule has 2 aliphatic heterocycles. The van der Waals surface area contributed by atoms with Crippen LogP contribution in [0.15, 0.2) is 0 Å². The SMILES string of the molecule is CCNC(CO)(COC(C)(C)CCC(=O)NCCCNC(=O)CCCCO[C@@H]1OC(CO)[C@H](O)C(O)C1NC(C)=O)COC(C)(C)CCC(=O)NCCCNC(=O)CCCCO[C@@H]1OC(CO)[C@H](O)C(O)C1NC(C)=O. The highest BCUT2D eigenvalue weighted by Gasteiger charge is 2.46. The molecule has 2 saturated heterocycles. The van der Waals surface area contributed by atoms with Gasteiger partial charge in [-0.25, -0.2) is 0 Å². The van der Waals surface area contributed by atoms with E-state index >= 15 is 0 Å². The van der Waals surface area contributed by atoms with Crippen molar-refractivity contribution >= 4 is 35.4 Å². The molecule has 2 rings (SSSR count). The van der Waals surface area contributed by atoms with Crippen LogP contribution in [0, 0.1) is 0 Å². The van der Waals surface area contributed by atoms with Crippen LogP contribution >= 0.6 is 0 Å². The Kier molecular flexibility index (Phi) is 32.1. The normalized spacial score (nSPS) is 24.7. The average molecular weight is 1100 g/mol. The van der Waals surface area contributed by atoms with Crippen molar-refractivity contribution in [2.24, 2.45) is 0 Å². The summed E-state index contributed by atoms with van der Waals surface area (Å²) in [5.41, 5.74) is -2.44. The Bertz CT molecular complexity index is 1620. The summed E-state index contributed by atoms with van der Waals surface area (Å²) in [4.78, 5) is 73.3. The van der Waals surface area contributed by atoms with Crippen LogP contribution in [0.5, 0.6) is 0 Å². The second kappa shape index (κ2) is 35.7. The summed E-state index contributed by atoms with van der Waals surface area (Å²) in [6, 6.07) is -2.08. The van der Waals surface area contributed by atoms with Gasteiger partial charge < -0.3 is 101 Å². The van der Waals surface area contributed by atoms with E-state index in [1.54, 1.807) is 0 Å². The third-order valence-corrected chi connectivity index (χ3v) is 12.9. The summed E-state index contributed by atoms with van der Waals surface area (Å²) in [5.74, 6) is -1.62. The smallest absolute Gasteiger partial charge is 0.220 e. The fourth-order valence-electron chi connectivity index (χ4n) is 8.15. The first-order valence-corrected chi connectivity index (χ1v) is 26.7. The van der Waals surface area contributed by atoms with E-state index in [0.717, 1.165) is 0 Å². The Labute approximate surface area is 447 Å². The van der Waals surface area contributed by atoms with Gasteiger partial charge in [-0.1, -0.05) is 6.92 Å². The van der Waals surface area contributed by atoms with Gasteiger partial charge in [-0.2, -0.15) is 0 Å². The molecule has 76 heavy (non-hydrogen) atoms. The molecule has 442 valence electrons. The minimum absolute atomic E-state index is 0.0798. The Morgan fingerprint density at radius 2 is 0.868 bits per heavy atom. The predicted octanol–water partition coefficient (Wildman–Crippen LogP) is -3.02. The predicted molar refractivity (Wildman–Crippen MR) is 274 cm³/mol. The highest BCUT2D eigenvalue weighted by Crippen LogP contribution is 2.26. The van der Waals surface area contributed by atoms with Gasteiger partial charge in [-0.3, -0.25) is 28.8 Å². The van der Waals surface area contributed by atoms with Crippen LogP contribution in [0.1, 0.15) is 126 Å². The highest BCUT2D eigenvalue weighted by atomic mass is 16.7. The lowest BCUT2D eigenvalue weighted by Crippen LogP contribution is -2.64. The second-order valence-electron chi connectivity index (χ2n) is 20.7. The molecule has 0 aromatic carbocycles. The molecule has 26 nitrogen and oxygen atoms in total. The standard InChI is InChI=1S/C50H93N7O19/c1-8-55-50(29-60,30-73-48(4,5)19-17-38(65)53-23-13-21-51-36(63)15-9-11-25-71-46-40(56-32(2)61)44(69)42(67)34(27-58)75-46)31-74-49(6,7)20-18-39(66)54-24-14-22-52-37(64)16-10-12-26-72-47-41(57-33(3)62)45(70)43(68)35(28-59)76-47/h34-35,40-47,55,58-60,67-70H,8-31H2,1-7H3,(H,51,63)(H,52,64)(H,53,65)(H,54,66)(H,56,61)(H,57,62)/t34?,35?,40?,41?,42-,43-,44?,45?,46+,47+,50?/m0/s1. The molecule has 0 bridgehead atoms. The zero-order valence-corrected chi connectivity index (χ0v) is 45.8. The van der Waals surface area contributed by atoms with Gasteiger partial charge in [-0.05, 0) is 85.6 Å². The van der Waals surface area contributed by atoms with E-state index in [-0.39, 0.29) is 82.3 Å². The van der Waals surface area contributed by atoms with E-state index in [0.29, 0.717) is 84.1 Å². The molecule has 2 aliphatic rings. The van der Waals surface area contributed by atoms with Crippen molar-refractivity contribution < 1.29 is 92.9 Å². The van der Waals surface area contributed by atoms with Gasteiger partial charge in [0.25, 0.3) is 0 Å². The van der Waals surface area contributed by atoms with E-state index < -0.39 is 103 Å². The van der Waals surface area contributed by atoms with Crippen LogP contribution < -0.4 is 37.2 Å². The first kappa shape index (κ1) is 68.4. The van der Waals surface area contributed by atoms with E-state index in [9.17, 15) is 64.5 Å². The van der Waals surface area contributed by atoms with Crippen LogP contribution in [0.3, 0.4) is 0 Å². The average Bonchev–Trinajstić information content (AvgIpc) is 3.37. The first-order valence-electron chi connectivity index (χ1n) is 26.7. The van der Waals surface area contributed by atoms with Gasteiger partial charge >= 0.3 is 0 Å². The van der Waals surface area contributed by atoms with Crippen LogP contribution in [-0.2, 0) is 57.2 Å². The summed E-state index contributed by atoms with van der Waals surface area (Å²) < 4.78 is 35.0. The summed E-state index contributed by atoms with van der Waals surface area (Å²) in [7, 11) is 0. The maximum Gasteiger partial charge on any atom is 0.220 e. The van der Waals surface area contributed by atoms with E-state index in [1.807, 2.05) is 34.6 Å². The quantitative estimate of drug-likeness (QED) is 0.0273. The van der Waals surface area contributed by atoms with Crippen LogP contribution in [0.2, 0.25) is 0 Å². The maximum absolute atomic E-state index is 12.7. The van der Waals surface area contributed by atoms with Gasteiger partial charge in [0.05, 0.1) is 49.8 Å². The first-order chi connectivity index (χ1) is 35.9. The summed E-state index contributed by atoms with van der Waals surface area (Å²) in [6.45, 7) is 12.8. The van der Waals surface area contributed by atoms with Crippen LogP contribution in [0.4, 0.5) is 0 Å². The Hall–Kier alpha value is -3.74. The monoisotopic (exact) mass is 1100 g/mol. The van der Waals surface area contributed by atoms with Crippen LogP contribution in [0.25, 0.3) is 0 Å². The molecule has 14 N–H and O–H groups in total. The van der Waals surface area contributed by atoms with Crippen molar-refractivity contribution in [3.8, 4) is 0 Å². The third-order valence-electron chi connectivity index (χ3n) is 12.9. The van der Waals surface area contributed by atoms with E-state index in [4.69, 9.17) is 28.4 Å². The summed E-state index contributed by atoms with van der Waals surface area (Å²) >= 11 is 0. The molecule has 2 heterocycles. The lowest BCUT2D eigenvalue weighted by atomic mass is 9.97. The number of aliphatic hydroxyl groups is 7. The Morgan fingerprint density at radius 1 is 0.513 bits per heavy atom. The Balaban J connectivity index is 1.60. The van der Waals surface area contributed by atoms with E-state index in [1.165, 1.54) is 13.8 Å². The molecule has 0 aromatic rings. The number of ether oxygens (including phenoxy) is 6. The number of unbranched alkanes of at least 4 members (excludes halogenated alkanes) is 2. The number of rotatable bonds is 39. The minimum Gasteiger partial charge on any atom is -0.394 e. The van der Waals surface area contributed by atoms with Crippen molar-refractivity contribution in [1.82, 2.24) is 37.2 Å². The van der Waals surface area contributed by atoms with Gasteiger partial charge in [-0.15, -0.1) is 0 Å². The minimum atomic E-state index is -1.41. The number of likely N-dealkylation sites (N-methyl/N-ethyl adjacent to an activating group) is 1. The third kappa shape index (κ3) is 26.3. The van der Waals surface area contributed by atoms with Crippen molar-refractivity contribution in [3.05, 3.63) is 0 Å². The zero-order chi connectivity index (χ0) is 56.9. The van der Waals surface area contributed by atoms with Gasteiger partial charge in [0.1, 0.15) is 48.7 Å². The lowest BCUT2D eigenvalue weighted by Gasteiger charge is -2.42. The van der Waals surface area contributed by atoms with Crippen molar-refractivity contribution in [1.29, 1.82) is 0 Å². The fraction of sp³-hybridized carbons (Fsp3) is 0.880. The number of nitrogens with one attached hydrogen (secondary N) is 7. The molecule has 0 radical (unpaired) electrons. The fourth-order valence-corrected chi connectivity index (χ4v) is 8.15. The number of aliphatic hydroxyl groups excluding tert-OH is 7. The number of hydrogen-bond donors (Lipinski definition) is 14. The van der Waals surface area contributed by atoms with Crippen molar-refractivity contribution in [3.63, 3.8) is 0 Å². The second-order valence-corrected chi connectivity index (χ2v) is 20.7. The molecule has 6 unspecified atom stereocenters. The molecule has 0 spiro atoms. The highest BCUT2D eigenvalue weighted by molar-refractivity contribution is 5.77. The lowest BCUT2D eigenvalue weighted by molar-refractivity contribution is -0.270. The van der Waals surface area contributed by atoms with Gasteiger partial charge in [0.2, 0.25) is 35.4 Å². The molecular weight excluding hydrogens is 1000 g/mol. The van der Waals surface area contributed by atoms with Gasteiger partial charge in [0.15, 0.2) is 12.6 Å². The molecular formula is C50H93N7O19. The molecule has 0 saturated carbocycles. The Morgan fingerprint density at radius 3 is 1.18 bits per heavy atom. The largest absolute Gasteiger partial charge is 0.394 e. The van der Waals surface area contributed by atoms with Crippen molar-refractivity contribution in [2.75, 3.05) is 79.0 Å². The zero-order valence-electron chi connectivity index (χ0n) is 45.8. The summed E-state index contributed by atoms with van der Waals surface area (Å²) in [6.07, 6.45) is -5.52. The van der Waals surface area contributed by atoms with E-state index in [2.05, 4.69) is 37.2 Å². The summed E-state index contributed by atoms with van der Waals surface area (Å²) in [5, 5.41) is 90.2. The maximum atomic E-state index is 12.7. The number of carbonyl (C=O) groups is 6. The van der Waals surface area contributed by atoms with Crippen LogP contribution in [-0.4, -0.2) is 228 Å². The molecule has 0 aliphatic carbocycles. The van der Waals surface area contributed by atoms with Gasteiger partial charge in [0, 0.05) is 78.9 Å². The molecule has 2 fully saturated rings. The molecule has 6 amide bonds. The number of carbonyl (C=O) groups excluding carboxylic acids is 6. The molecule has 26 heteroatoms. The molecule has 10 atom stereocenters. The number of amides is 6.